The van der Waals surface area contributed by atoms with Crippen molar-refractivity contribution in [2.75, 3.05) is 20.1 Å². The normalized spacial score (nSPS) is 26.1. The van der Waals surface area contributed by atoms with E-state index < -0.39 is 0 Å². The summed E-state index contributed by atoms with van der Waals surface area (Å²) in [5, 5.41) is 0. The third-order valence-electron chi connectivity index (χ3n) is 3.85. The zero-order valence-corrected chi connectivity index (χ0v) is 10.6. The van der Waals surface area contributed by atoms with Crippen LogP contribution < -0.4 is 5.73 Å². The summed E-state index contributed by atoms with van der Waals surface area (Å²) in [6, 6.07) is 5.84. The summed E-state index contributed by atoms with van der Waals surface area (Å²) in [6.45, 7) is 3.53. The van der Waals surface area contributed by atoms with E-state index in [2.05, 4.69) is 11.9 Å². The van der Waals surface area contributed by atoms with Crippen molar-refractivity contribution in [1.82, 2.24) is 4.90 Å². The summed E-state index contributed by atoms with van der Waals surface area (Å²) in [7, 11) is 2.10. The fourth-order valence-corrected chi connectivity index (χ4v) is 2.83. The van der Waals surface area contributed by atoms with Gasteiger partial charge in [-0.25, -0.2) is 4.39 Å². The van der Waals surface area contributed by atoms with Crippen molar-refractivity contribution in [2.45, 2.75) is 25.8 Å². The number of aryl methyl sites for hydroxylation is 1. The maximum atomic E-state index is 13.6. The average molecular weight is 236 g/mol. The number of hydrogen-bond acceptors (Lipinski definition) is 2. The highest BCUT2D eigenvalue weighted by atomic mass is 19.1. The Kier molecular flexibility index (Phi) is 3.79. The molecule has 0 spiro atoms. The first-order chi connectivity index (χ1) is 8.13. The molecular formula is C14H21FN2. The van der Waals surface area contributed by atoms with E-state index in [-0.39, 0.29) is 11.9 Å². The summed E-state index contributed by atoms with van der Waals surface area (Å²) in [5.41, 5.74) is 7.61. The predicted octanol–water partition coefficient (Wildman–Crippen LogP) is 2.48. The molecule has 17 heavy (non-hydrogen) atoms. The Balaban J connectivity index is 2.31. The Bertz CT molecular complexity index is 392. The first-order valence-corrected chi connectivity index (χ1v) is 6.30. The molecule has 1 aromatic carbocycles. The van der Waals surface area contributed by atoms with Gasteiger partial charge in [0, 0.05) is 6.04 Å². The van der Waals surface area contributed by atoms with Gasteiger partial charge in [0.2, 0.25) is 0 Å². The van der Waals surface area contributed by atoms with Crippen LogP contribution in [-0.4, -0.2) is 25.0 Å². The van der Waals surface area contributed by atoms with Crippen molar-refractivity contribution in [3.05, 3.63) is 35.1 Å². The number of likely N-dealkylation sites (tertiary alicyclic amines) is 1. The molecule has 94 valence electrons. The van der Waals surface area contributed by atoms with Gasteiger partial charge in [0.25, 0.3) is 0 Å². The second-order valence-corrected chi connectivity index (χ2v) is 5.07. The molecule has 2 nitrogen and oxygen atoms in total. The largest absolute Gasteiger partial charge is 0.330 e. The minimum absolute atomic E-state index is 0.114. The van der Waals surface area contributed by atoms with Gasteiger partial charge in [-0.3, -0.25) is 4.90 Å². The number of benzene rings is 1. The van der Waals surface area contributed by atoms with E-state index in [4.69, 9.17) is 5.73 Å². The summed E-state index contributed by atoms with van der Waals surface area (Å²) in [5.74, 6) is 0.327. The van der Waals surface area contributed by atoms with Gasteiger partial charge in [-0.2, -0.15) is 0 Å². The standard InChI is InChI=1S/C14H21FN2/c1-10-5-6-11(8-13(10)15)14-12(9-16)4-3-7-17(14)2/h5-6,8,12,14H,3-4,7,9,16H2,1-2H3. The number of nitrogens with two attached hydrogens (primary N) is 1. The Morgan fingerprint density at radius 3 is 2.88 bits per heavy atom. The Morgan fingerprint density at radius 1 is 1.47 bits per heavy atom. The molecule has 2 rings (SSSR count). The Morgan fingerprint density at radius 2 is 2.24 bits per heavy atom. The number of piperidine rings is 1. The molecule has 2 unspecified atom stereocenters. The van der Waals surface area contributed by atoms with Gasteiger partial charge < -0.3 is 5.73 Å². The summed E-state index contributed by atoms with van der Waals surface area (Å²) >= 11 is 0. The molecule has 1 aliphatic rings. The van der Waals surface area contributed by atoms with Crippen LogP contribution in [0.15, 0.2) is 18.2 Å². The molecule has 0 aromatic heterocycles. The van der Waals surface area contributed by atoms with Crippen molar-refractivity contribution in [3.8, 4) is 0 Å². The Labute approximate surface area is 103 Å². The lowest BCUT2D eigenvalue weighted by atomic mass is 9.85. The van der Waals surface area contributed by atoms with Crippen molar-refractivity contribution < 1.29 is 4.39 Å². The van der Waals surface area contributed by atoms with Crippen molar-refractivity contribution in [1.29, 1.82) is 0 Å². The van der Waals surface area contributed by atoms with E-state index in [1.165, 1.54) is 6.42 Å². The van der Waals surface area contributed by atoms with E-state index in [1.54, 1.807) is 13.0 Å². The van der Waals surface area contributed by atoms with Gasteiger partial charge in [-0.1, -0.05) is 12.1 Å². The topological polar surface area (TPSA) is 29.3 Å². The SMILES string of the molecule is Cc1ccc(C2C(CN)CCCN2C)cc1F. The monoisotopic (exact) mass is 236 g/mol. The minimum Gasteiger partial charge on any atom is -0.330 e. The maximum Gasteiger partial charge on any atom is 0.126 e. The van der Waals surface area contributed by atoms with Crippen molar-refractivity contribution in [2.24, 2.45) is 11.7 Å². The van der Waals surface area contributed by atoms with Gasteiger partial charge in [0.05, 0.1) is 0 Å². The van der Waals surface area contributed by atoms with E-state index >= 15 is 0 Å². The van der Waals surface area contributed by atoms with Crippen LogP contribution in [0.2, 0.25) is 0 Å². The lowest BCUT2D eigenvalue weighted by Gasteiger charge is -2.39. The molecule has 1 heterocycles. The highest BCUT2D eigenvalue weighted by Gasteiger charge is 2.29. The van der Waals surface area contributed by atoms with Crippen LogP contribution in [-0.2, 0) is 0 Å². The van der Waals surface area contributed by atoms with Crippen LogP contribution in [0.3, 0.4) is 0 Å². The molecule has 1 fully saturated rings. The molecule has 0 saturated carbocycles. The number of rotatable bonds is 2. The quantitative estimate of drug-likeness (QED) is 0.854. The van der Waals surface area contributed by atoms with E-state index in [0.717, 1.165) is 18.5 Å². The second kappa shape index (κ2) is 5.15. The second-order valence-electron chi connectivity index (χ2n) is 5.07. The summed E-state index contributed by atoms with van der Waals surface area (Å²) < 4.78 is 13.6. The molecule has 0 bridgehead atoms. The number of halogens is 1. The first-order valence-electron chi connectivity index (χ1n) is 6.30. The van der Waals surface area contributed by atoms with Crippen molar-refractivity contribution in [3.63, 3.8) is 0 Å². The number of hydrogen-bond donors (Lipinski definition) is 1. The molecule has 2 atom stereocenters. The maximum absolute atomic E-state index is 13.6. The predicted molar refractivity (Wildman–Crippen MR) is 68.3 cm³/mol. The van der Waals surface area contributed by atoms with Gasteiger partial charge in [0.15, 0.2) is 0 Å². The molecule has 0 radical (unpaired) electrons. The van der Waals surface area contributed by atoms with Crippen LogP contribution in [0.25, 0.3) is 0 Å². The lowest BCUT2D eigenvalue weighted by molar-refractivity contribution is 0.125. The highest BCUT2D eigenvalue weighted by molar-refractivity contribution is 5.26. The van der Waals surface area contributed by atoms with E-state index in [0.29, 0.717) is 18.0 Å². The van der Waals surface area contributed by atoms with Gasteiger partial charge in [-0.15, -0.1) is 0 Å². The van der Waals surface area contributed by atoms with Crippen LogP contribution in [0.4, 0.5) is 4.39 Å². The van der Waals surface area contributed by atoms with Crippen LogP contribution in [0.5, 0.6) is 0 Å². The summed E-state index contributed by atoms with van der Waals surface area (Å²) in [4.78, 5) is 2.30. The van der Waals surface area contributed by atoms with Crippen LogP contribution in [0, 0.1) is 18.7 Å². The lowest BCUT2D eigenvalue weighted by Crippen LogP contribution is -2.39. The van der Waals surface area contributed by atoms with Gasteiger partial charge in [-0.05, 0) is 63.0 Å². The highest BCUT2D eigenvalue weighted by Crippen LogP contribution is 2.34. The summed E-state index contributed by atoms with van der Waals surface area (Å²) in [6.07, 6.45) is 2.32. The Hall–Kier alpha value is -0.930. The third-order valence-corrected chi connectivity index (χ3v) is 3.85. The van der Waals surface area contributed by atoms with Gasteiger partial charge in [0.1, 0.15) is 5.82 Å². The third kappa shape index (κ3) is 2.50. The van der Waals surface area contributed by atoms with Crippen LogP contribution >= 0.6 is 0 Å². The average Bonchev–Trinajstić information content (AvgIpc) is 2.32. The molecule has 1 aromatic rings. The van der Waals surface area contributed by atoms with E-state index in [9.17, 15) is 4.39 Å². The molecule has 0 aliphatic carbocycles. The van der Waals surface area contributed by atoms with Crippen LogP contribution in [0.1, 0.15) is 30.0 Å². The molecular weight excluding hydrogens is 215 g/mol. The zero-order valence-electron chi connectivity index (χ0n) is 10.6. The van der Waals surface area contributed by atoms with Crippen molar-refractivity contribution >= 4 is 0 Å². The van der Waals surface area contributed by atoms with Gasteiger partial charge >= 0.3 is 0 Å². The van der Waals surface area contributed by atoms with E-state index in [1.807, 2.05) is 12.1 Å². The molecule has 1 aliphatic heterocycles. The fourth-order valence-electron chi connectivity index (χ4n) is 2.83. The molecule has 2 N–H and O–H groups in total. The minimum atomic E-state index is -0.114. The zero-order chi connectivity index (χ0) is 12.4. The number of nitrogens with zero attached hydrogens (tertiary/aromatic N) is 1. The fraction of sp³-hybridized carbons (Fsp3) is 0.571. The smallest absolute Gasteiger partial charge is 0.126 e. The first kappa shape index (κ1) is 12.5. The molecule has 0 amide bonds. The molecule has 1 saturated heterocycles. The molecule has 3 heteroatoms.